The van der Waals surface area contributed by atoms with E-state index in [1.165, 1.54) is 7.11 Å². The van der Waals surface area contributed by atoms with E-state index in [-0.39, 0.29) is 6.61 Å². The van der Waals surface area contributed by atoms with Crippen LogP contribution >= 0.6 is 0 Å². The second kappa shape index (κ2) is 6.80. The van der Waals surface area contributed by atoms with Gasteiger partial charge in [0.1, 0.15) is 18.3 Å². The van der Waals surface area contributed by atoms with Gasteiger partial charge >= 0.3 is 5.97 Å². The highest BCUT2D eigenvalue weighted by molar-refractivity contribution is 5.13. The van der Waals surface area contributed by atoms with Crippen LogP contribution in [0.25, 0.3) is 0 Å². The molecule has 1 fully saturated rings. The Labute approximate surface area is 122 Å². The Morgan fingerprint density at radius 2 is 1.81 bits per heavy atom. The summed E-state index contributed by atoms with van der Waals surface area (Å²) in [7, 11) is 1.24. The van der Waals surface area contributed by atoms with Crippen LogP contribution in [-0.4, -0.2) is 64.5 Å². The Morgan fingerprint density at radius 1 is 1.14 bits per heavy atom. The Kier molecular flexibility index (Phi) is 5.28. The minimum Gasteiger partial charge on any atom is -0.394 e. The fourth-order valence-electron chi connectivity index (χ4n) is 2.22. The van der Waals surface area contributed by atoms with Gasteiger partial charge in [-0.25, -0.2) is 0 Å². The van der Waals surface area contributed by atoms with E-state index >= 15 is 0 Å². The maximum atomic E-state index is 10.1. The summed E-state index contributed by atoms with van der Waals surface area (Å²) in [6.45, 7) is -0.489. The molecule has 1 aromatic carbocycles. The lowest BCUT2D eigenvalue weighted by atomic mass is 9.97. The number of rotatable bonds is 5. The van der Waals surface area contributed by atoms with Gasteiger partial charge in [-0.05, 0) is 5.56 Å². The molecule has 0 radical (unpaired) electrons. The fraction of sp³-hybridized carbons (Fsp3) is 0.571. The lowest BCUT2D eigenvalue weighted by Crippen LogP contribution is -2.66. The molecule has 7 nitrogen and oxygen atoms in total. The summed E-state index contributed by atoms with van der Waals surface area (Å²) < 4.78 is 15.9. The van der Waals surface area contributed by atoms with Crippen LogP contribution in [0.3, 0.4) is 0 Å². The van der Waals surface area contributed by atoms with Crippen molar-refractivity contribution in [3.8, 4) is 0 Å². The van der Waals surface area contributed by atoms with Gasteiger partial charge in [0.15, 0.2) is 6.10 Å². The molecule has 0 bridgehead atoms. The van der Waals surface area contributed by atoms with Crippen LogP contribution in [0.4, 0.5) is 0 Å². The van der Waals surface area contributed by atoms with Crippen molar-refractivity contribution < 1.29 is 34.6 Å². The summed E-state index contributed by atoms with van der Waals surface area (Å²) in [5, 5.41) is 38.8. The molecular formula is C14H20O7. The van der Waals surface area contributed by atoms with E-state index in [1.807, 2.05) is 30.3 Å². The molecule has 0 amide bonds. The highest BCUT2D eigenvalue weighted by Crippen LogP contribution is 2.32. The summed E-state index contributed by atoms with van der Waals surface area (Å²) in [6.07, 6.45) is -5.75. The largest absolute Gasteiger partial charge is 0.394 e. The summed E-state index contributed by atoms with van der Waals surface area (Å²) in [4.78, 5) is 0. The van der Waals surface area contributed by atoms with E-state index in [4.69, 9.17) is 14.2 Å². The molecule has 0 aliphatic carbocycles. The standard InChI is InChI=1S/C14H20O7/c1-19-14(20-8-9-5-3-2-4-6-9)13(18)12(17)11(16)10(7-15)21-14/h2-6,10-13,15-18H,7-8H2,1H3/t10-,11-,12+,13-,14+/m1/s1. The van der Waals surface area contributed by atoms with Gasteiger partial charge in [-0.1, -0.05) is 30.3 Å². The van der Waals surface area contributed by atoms with E-state index in [9.17, 15) is 20.4 Å². The SMILES string of the molecule is CO[C@@]1(OCc2ccccc2)O[C@H](CO)[C@@H](O)[C@H](O)[C@H]1O. The zero-order chi connectivity index (χ0) is 15.5. The molecule has 1 aromatic rings. The van der Waals surface area contributed by atoms with Gasteiger partial charge in [-0.15, -0.1) is 0 Å². The summed E-state index contributed by atoms with van der Waals surface area (Å²) in [5.74, 6) is -1.96. The molecule has 0 spiro atoms. The highest BCUT2D eigenvalue weighted by atomic mass is 16.9. The van der Waals surface area contributed by atoms with Gasteiger partial charge in [0, 0.05) is 7.11 Å². The first-order chi connectivity index (χ1) is 10.0. The number of methoxy groups -OCH3 is 1. The minimum atomic E-state index is -1.96. The average molecular weight is 300 g/mol. The predicted molar refractivity (Wildman–Crippen MR) is 71.0 cm³/mol. The first-order valence-corrected chi connectivity index (χ1v) is 6.60. The lowest BCUT2D eigenvalue weighted by Gasteiger charge is -2.46. The van der Waals surface area contributed by atoms with E-state index < -0.39 is 37.0 Å². The zero-order valence-corrected chi connectivity index (χ0v) is 11.6. The maximum absolute atomic E-state index is 10.1. The molecule has 0 unspecified atom stereocenters. The van der Waals surface area contributed by atoms with Crippen molar-refractivity contribution in [1.82, 2.24) is 0 Å². The predicted octanol–water partition coefficient (Wildman–Crippen LogP) is -1.02. The van der Waals surface area contributed by atoms with E-state index in [2.05, 4.69) is 0 Å². The highest BCUT2D eigenvalue weighted by Gasteiger charge is 2.55. The zero-order valence-electron chi connectivity index (χ0n) is 11.6. The quantitative estimate of drug-likeness (QED) is 0.515. The van der Waals surface area contributed by atoms with Crippen LogP contribution in [0.15, 0.2) is 30.3 Å². The summed E-state index contributed by atoms with van der Waals surface area (Å²) in [6, 6.07) is 9.13. The first kappa shape index (κ1) is 16.3. The first-order valence-electron chi connectivity index (χ1n) is 6.60. The maximum Gasteiger partial charge on any atom is 0.313 e. The topological polar surface area (TPSA) is 109 Å². The van der Waals surface area contributed by atoms with Gasteiger partial charge in [-0.3, -0.25) is 0 Å². The normalized spacial score (nSPS) is 36.6. The van der Waals surface area contributed by atoms with Gasteiger partial charge in [0.25, 0.3) is 0 Å². The van der Waals surface area contributed by atoms with Gasteiger partial charge < -0.3 is 34.6 Å². The number of benzene rings is 1. The Morgan fingerprint density at radius 3 is 2.38 bits per heavy atom. The minimum absolute atomic E-state index is 0.0622. The van der Waals surface area contributed by atoms with Gasteiger partial charge in [0.2, 0.25) is 0 Å². The van der Waals surface area contributed by atoms with Crippen molar-refractivity contribution in [3.63, 3.8) is 0 Å². The van der Waals surface area contributed by atoms with Crippen molar-refractivity contribution in [2.75, 3.05) is 13.7 Å². The van der Waals surface area contributed by atoms with Crippen LogP contribution in [0.1, 0.15) is 5.56 Å². The molecule has 1 aliphatic heterocycles. The van der Waals surface area contributed by atoms with Gasteiger partial charge in [-0.2, -0.15) is 0 Å². The third-order valence-corrected chi connectivity index (χ3v) is 3.48. The summed E-state index contributed by atoms with van der Waals surface area (Å²) >= 11 is 0. The Bertz CT molecular complexity index is 438. The second-order valence-electron chi connectivity index (χ2n) is 4.85. The third-order valence-electron chi connectivity index (χ3n) is 3.48. The van der Waals surface area contributed by atoms with Gasteiger partial charge in [0.05, 0.1) is 13.2 Å². The number of hydrogen-bond acceptors (Lipinski definition) is 7. The van der Waals surface area contributed by atoms with Crippen molar-refractivity contribution in [3.05, 3.63) is 35.9 Å². The van der Waals surface area contributed by atoms with Crippen molar-refractivity contribution in [2.45, 2.75) is 37.0 Å². The molecular weight excluding hydrogens is 280 g/mol. The molecule has 5 atom stereocenters. The molecule has 4 N–H and O–H groups in total. The van der Waals surface area contributed by atoms with E-state index in [1.54, 1.807) is 0 Å². The van der Waals surface area contributed by atoms with Crippen molar-refractivity contribution in [2.24, 2.45) is 0 Å². The number of aliphatic hydroxyl groups excluding tert-OH is 4. The molecule has 1 saturated heterocycles. The average Bonchev–Trinajstić information content (AvgIpc) is 2.53. The van der Waals surface area contributed by atoms with E-state index in [0.29, 0.717) is 0 Å². The van der Waals surface area contributed by atoms with Crippen molar-refractivity contribution >= 4 is 0 Å². The molecule has 21 heavy (non-hydrogen) atoms. The third kappa shape index (κ3) is 3.24. The second-order valence-corrected chi connectivity index (χ2v) is 4.85. The van der Waals surface area contributed by atoms with Crippen molar-refractivity contribution in [1.29, 1.82) is 0 Å². The summed E-state index contributed by atoms with van der Waals surface area (Å²) in [5.41, 5.74) is 0.811. The molecule has 118 valence electrons. The van der Waals surface area contributed by atoms with Crippen LogP contribution < -0.4 is 0 Å². The number of hydrogen-bond donors (Lipinski definition) is 4. The molecule has 0 saturated carbocycles. The molecule has 7 heteroatoms. The monoisotopic (exact) mass is 300 g/mol. The van der Waals surface area contributed by atoms with Crippen LogP contribution in [0.5, 0.6) is 0 Å². The van der Waals surface area contributed by atoms with Crippen LogP contribution in [0, 0.1) is 0 Å². The molecule has 1 aliphatic rings. The number of ether oxygens (including phenoxy) is 3. The smallest absolute Gasteiger partial charge is 0.313 e. The molecule has 1 heterocycles. The Balaban J connectivity index is 2.14. The molecule has 2 rings (SSSR count). The fourth-order valence-corrected chi connectivity index (χ4v) is 2.22. The number of aliphatic hydroxyl groups is 4. The van der Waals surface area contributed by atoms with Crippen LogP contribution in [-0.2, 0) is 20.8 Å². The van der Waals surface area contributed by atoms with E-state index in [0.717, 1.165) is 5.56 Å². The molecule has 0 aromatic heterocycles. The Hall–Kier alpha value is -1.06. The van der Waals surface area contributed by atoms with Crippen LogP contribution in [0.2, 0.25) is 0 Å². The lowest BCUT2D eigenvalue weighted by molar-refractivity contribution is -0.458.